The van der Waals surface area contributed by atoms with Crippen molar-refractivity contribution in [3.05, 3.63) is 29.6 Å². The molecule has 1 aromatic heterocycles. The van der Waals surface area contributed by atoms with E-state index in [0.717, 1.165) is 12.8 Å². The minimum atomic E-state index is -3.08. The fourth-order valence-electron chi connectivity index (χ4n) is 3.12. The first kappa shape index (κ1) is 20.4. The fourth-order valence-corrected chi connectivity index (χ4v) is 4.89. The summed E-state index contributed by atoms with van der Waals surface area (Å²) in [6.45, 7) is 5.31. The summed E-state index contributed by atoms with van der Waals surface area (Å²) >= 11 is 0. The van der Waals surface area contributed by atoms with Crippen LogP contribution in [0.1, 0.15) is 54.1 Å². The first-order valence-electron chi connectivity index (χ1n) is 9.03. The molecule has 0 spiro atoms. The largest absolute Gasteiger partial charge is 0.337 e. The van der Waals surface area contributed by atoms with E-state index in [1.165, 1.54) is 4.90 Å². The summed E-state index contributed by atoms with van der Waals surface area (Å²) in [5.74, 6) is -0.465. The van der Waals surface area contributed by atoms with Gasteiger partial charge in [-0.3, -0.25) is 9.59 Å². The second-order valence-corrected chi connectivity index (χ2v) is 8.90. The van der Waals surface area contributed by atoms with E-state index in [-0.39, 0.29) is 40.7 Å². The van der Waals surface area contributed by atoms with Crippen LogP contribution in [0.2, 0.25) is 0 Å². The Morgan fingerprint density at radius 3 is 2.19 bits per heavy atom. The van der Waals surface area contributed by atoms with E-state index >= 15 is 0 Å². The molecule has 0 aliphatic carbocycles. The number of nitrogens with zero attached hydrogens (tertiary/aromatic N) is 3. The highest BCUT2D eigenvalue weighted by atomic mass is 32.2. The number of sulfone groups is 1. The van der Waals surface area contributed by atoms with E-state index in [4.69, 9.17) is 0 Å². The molecule has 0 aromatic carbocycles. The molecular weight excluding hydrogens is 354 g/mol. The lowest BCUT2D eigenvalue weighted by molar-refractivity contribution is 0.0737. The van der Waals surface area contributed by atoms with Crippen molar-refractivity contribution in [1.29, 1.82) is 0 Å². The summed E-state index contributed by atoms with van der Waals surface area (Å²) in [5, 5.41) is 0. The number of hydrogen-bond acceptors (Lipinski definition) is 5. The molecule has 1 aromatic rings. The molecule has 2 rings (SSSR count). The lowest BCUT2D eigenvalue weighted by Crippen LogP contribution is -2.38. The Labute approximate surface area is 155 Å². The Kier molecular flexibility index (Phi) is 6.75. The van der Waals surface area contributed by atoms with E-state index in [0.29, 0.717) is 19.5 Å². The van der Waals surface area contributed by atoms with Gasteiger partial charge in [-0.2, -0.15) is 0 Å². The molecule has 1 unspecified atom stereocenters. The average Bonchev–Trinajstić information content (AvgIpc) is 2.99. The topological polar surface area (TPSA) is 87.7 Å². The highest BCUT2D eigenvalue weighted by Crippen LogP contribution is 2.18. The predicted octanol–water partition coefficient (Wildman–Crippen LogP) is 1.60. The van der Waals surface area contributed by atoms with Gasteiger partial charge in [0.15, 0.2) is 9.84 Å². The van der Waals surface area contributed by atoms with Crippen molar-refractivity contribution in [1.82, 2.24) is 14.8 Å². The number of carbonyl (C=O) groups excluding carboxylic acids is 2. The van der Waals surface area contributed by atoms with Gasteiger partial charge in [-0.1, -0.05) is 19.9 Å². The van der Waals surface area contributed by atoms with E-state index in [9.17, 15) is 18.0 Å². The molecule has 26 heavy (non-hydrogen) atoms. The Morgan fingerprint density at radius 2 is 1.69 bits per heavy atom. The van der Waals surface area contributed by atoms with Gasteiger partial charge in [0.1, 0.15) is 11.4 Å². The molecule has 0 saturated carbocycles. The molecule has 144 valence electrons. The monoisotopic (exact) mass is 381 g/mol. The van der Waals surface area contributed by atoms with Crippen molar-refractivity contribution in [2.24, 2.45) is 0 Å². The number of rotatable bonds is 7. The molecule has 1 aliphatic heterocycles. The molecule has 1 aliphatic rings. The van der Waals surface area contributed by atoms with Crippen LogP contribution in [0, 0.1) is 0 Å². The number of carbonyl (C=O) groups is 2. The third-order valence-corrected chi connectivity index (χ3v) is 6.29. The van der Waals surface area contributed by atoms with Crippen LogP contribution in [0.3, 0.4) is 0 Å². The molecule has 0 bridgehead atoms. The van der Waals surface area contributed by atoms with Gasteiger partial charge in [-0.05, 0) is 31.4 Å². The predicted molar refractivity (Wildman–Crippen MR) is 99.9 cm³/mol. The molecule has 1 fully saturated rings. The average molecular weight is 381 g/mol. The van der Waals surface area contributed by atoms with E-state index in [1.807, 2.05) is 13.8 Å². The molecule has 2 amide bonds. The number of amides is 2. The van der Waals surface area contributed by atoms with Crippen molar-refractivity contribution >= 4 is 21.7 Å². The maximum Gasteiger partial charge on any atom is 0.272 e. The molecule has 0 radical (unpaired) electrons. The van der Waals surface area contributed by atoms with Crippen LogP contribution in [-0.4, -0.2) is 72.7 Å². The van der Waals surface area contributed by atoms with Crippen molar-refractivity contribution in [3.63, 3.8) is 0 Å². The van der Waals surface area contributed by atoms with Gasteiger partial charge in [-0.15, -0.1) is 0 Å². The van der Waals surface area contributed by atoms with Crippen LogP contribution < -0.4 is 0 Å². The lowest BCUT2D eigenvalue weighted by Gasteiger charge is -2.24. The van der Waals surface area contributed by atoms with Crippen molar-refractivity contribution in [2.75, 3.05) is 31.6 Å². The maximum absolute atomic E-state index is 12.7. The standard InChI is InChI=1S/C18H27N3O4S/c1-4-10-21(11-5-2)18(23)16-8-6-7-15(19-16)17(22)20(3)14-9-12-26(24,25)13-14/h6-8,14H,4-5,9-13H2,1-3H3. The zero-order chi connectivity index (χ0) is 19.3. The Bertz CT molecular complexity index is 757. The number of aromatic nitrogens is 1. The van der Waals surface area contributed by atoms with Crippen molar-refractivity contribution < 1.29 is 18.0 Å². The normalized spacial score (nSPS) is 18.5. The smallest absolute Gasteiger partial charge is 0.272 e. The Morgan fingerprint density at radius 1 is 1.12 bits per heavy atom. The van der Waals surface area contributed by atoms with Gasteiger partial charge in [0, 0.05) is 26.2 Å². The second kappa shape index (κ2) is 8.62. The van der Waals surface area contributed by atoms with E-state index in [1.54, 1.807) is 30.1 Å². The van der Waals surface area contributed by atoms with E-state index in [2.05, 4.69) is 4.98 Å². The molecule has 1 saturated heterocycles. The first-order chi connectivity index (χ1) is 12.3. The molecule has 0 N–H and O–H groups in total. The van der Waals surface area contributed by atoms with Crippen LogP contribution >= 0.6 is 0 Å². The minimum Gasteiger partial charge on any atom is -0.337 e. The summed E-state index contributed by atoms with van der Waals surface area (Å²) < 4.78 is 23.3. The molecule has 8 heteroatoms. The van der Waals surface area contributed by atoms with Gasteiger partial charge >= 0.3 is 0 Å². The SMILES string of the molecule is CCCN(CCC)C(=O)c1cccc(C(=O)N(C)C2CCS(=O)(=O)C2)n1. The zero-order valence-electron chi connectivity index (χ0n) is 15.6. The fraction of sp³-hybridized carbons (Fsp3) is 0.611. The van der Waals surface area contributed by atoms with Crippen LogP contribution in [0.5, 0.6) is 0 Å². The third kappa shape index (κ3) is 4.81. The summed E-state index contributed by atoms with van der Waals surface area (Å²) in [5.41, 5.74) is 0.404. The summed E-state index contributed by atoms with van der Waals surface area (Å²) in [4.78, 5) is 32.8. The minimum absolute atomic E-state index is 0.0192. The maximum atomic E-state index is 12.7. The number of pyridine rings is 1. The summed E-state index contributed by atoms with van der Waals surface area (Å²) in [6.07, 6.45) is 2.14. The second-order valence-electron chi connectivity index (χ2n) is 6.67. The van der Waals surface area contributed by atoms with Gasteiger partial charge in [-0.25, -0.2) is 13.4 Å². The molecule has 7 nitrogen and oxygen atoms in total. The van der Waals surface area contributed by atoms with Crippen LogP contribution in [0.15, 0.2) is 18.2 Å². The van der Waals surface area contributed by atoms with Crippen LogP contribution in [0.25, 0.3) is 0 Å². The van der Waals surface area contributed by atoms with Gasteiger partial charge in [0.25, 0.3) is 11.8 Å². The zero-order valence-corrected chi connectivity index (χ0v) is 16.5. The van der Waals surface area contributed by atoms with Crippen LogP contribution in [0.4, 0.5) is 0 Å². The first-order valence-corrected chi connectivity index (χ1v) is 10.8. The molecule has 1 atom stereocenters. The number of hydrogen-bond donors (Lipinski definition) is 0. The lowest BCUT2D eigenvalue weighted by atomic mass is 10.2. The van der Waals surface area contributed by atoms with Crippen molar-refractivity contribution in [3.8, 4) is 0 Å². The Balaban J connectivity index is 2.17. The van der Waals surface area contributed by atoms with Gasteiger partial charge in [0.05, 0.1) is 11.5 Å². The van der Waals surface area contributed by atoms with Gasteiger partial charge in [0.2, 0.25) is 0 Å². The highest BCUT2D eigenvalue weighted by Gasteiger charge is 2.33. The Hall–Kier alpha value is -1.96. The van der Waals surface area contributed by atoms with Gasteiger partial charge < -0.3 is 9.80 Å². The third-order valence-electron chi connectivity index (χ3n) is 4.54. The highest BCUT2D eigenvalue weighted by molar-refractivity contribution is 7.91. The molecular formula is C18H27N3O4S. The summed E-state index contributed by atoms with van der Waals surface area (Å²) in [6, 6.07) is 4.47. The molecule has 2 heterocycles. The van der Waals surface area contributed by atoms with E-state index < -0.39 is 9.84 Å². The van der Waals surface area contributed by atoms with Crippen molar-refractivity contribution in [2.45, 2.75) is 39.2 Å². The van der Waals surface area contributed by atoms with Crippen LogP contribution in [-0.2, 0) is 9.84 Å². The quantitative estimate of drug-likeness (QED) is 0.716. The summed E-state index contributed by atoms with van der Waals surface area (Å²) in [7, 11) is -1.49.